The van der Waals surface area contributed by atoms with Gasteiger partial charge >= 0.3 is 0 Å². The molecule has 2 saturated carbocycles. The number of fused-ring (bicyclic) bond motifs is 2. The molecule has 4 heteroatoms. The van der Waals surface area contributed by atoms with Gasteiger partial charge in [-0.15, -0.1) is 0 Å². The molecule has 20 heavy (non-hydrogen) atoms. The van der Waals surface area contributed by atoms with E-state index < -0.39 is 0 Å². The van der Waals surface area contributed by atoms with Crippen molar-refractivity contribution < 1.29 is 4.79 Å². The SMILES string of the molecule is Cc1ccnc(NC(=O)C2CC3CCCC(C2)C3N)c1. The largest absolute Gasteiger partial charge is 0.327 e. The van der Waals surface area contributed by atoms with Crippen molar-refractivity contribution in [3.8, 4) is 0 Å². The van der Waals surface area contributed by atoms with E-state index >= 15 is 0 Å². The third-order valence-corrected chi connectivity index (χ3v) is 4.95. The van der Waals surface area contributed by atoms with E-state index in [4.69, 9.17) is 5.73 Å². The minimum absolute atomic E-state index is 0.104. The first kappa shape index (κ1) is 13.6. The monoisotopic (exact) mass is 273 g/mol. The molecule has 0 radical (unpaired) electrons. The summed E-state index contributed by atoms with van der Waals surface area (Å²) in [6, 6.07) is 4.15. The van der Waals surface area contributed by atoms with Gasteiger partial charge in [0.25, 0.3) is 0 Å². The van der Waals surface area contributed by atoms with E-state index in [1.807, 2.05) is 19.1 Å². The van der Waals surface area contributed by atoms with Gasteiger partial charge in [0.15, 0.2) is 0 Å². The first-order valence-electron chi connectivity index (χ1n) is 7.62. The number of hydrogen-bond acceptors (Lipinski definition) is 3. The Bertz CT molecular complexity index is 488. The van der Waals surface area contributed by atoms with Gasteiger partial charge in [0.1, 0.15) is 5.82 Å². The number of hydrogen-bond donors (Lipinski definition) is 2. The molecule has 1 aromatic rings. The Labute approximate surface area is 120 Å². The highest BCUT2D eigenvalue weighted by Crippen LogP contribution is 2.42. The third-order valence-electron chi connectivity index (χ3n) is 4.95. The van der Waals surface area contributed by atoms with Crippen molar-refractivity contribution in [1.82, 2.24) is 4.98 Å². The van der Waals surface area contributed by atoms with E-state index in [-0.39, 0.29) is 11.8 Å². The number of nitrogens with one attached hydrogen (secondary N) is 1. The highest BCUT2D eigenvalue weighted by atomic mass is 16.1. The van der Waals surface area contributed by atoms with Crippen molar-refractivity contribution in [3.63, 3.8) is 0 Å². The van der Waals surface area contributed by atoms with E-state index in [9.17, 15) is 4.79 Å². The summed E-state index contributed by atoms with van der Waals surface area (Å²) >= 11 is 0. The fourth-order valence-corrected chi connectivity index (χ4v) is 3.84. The molecule has 2 aliphatic carbocycles. The van der Waals surface area contributed by atoms with Crippen molar-refractivity contribution in [3.05, 3.63) is 23.9 Å². The maximum absolute atomic E-state index is 12.4. The minimum atomic E-state index is 0.104. The molecule has 4 nitrogen and oxygen atoms in total. The Balaban J connectivity index is 1.66. The average molecular weight is 273 g/mol. The van der Waals surface area contributed by atoms with Crippen LogP contribution in [0.1, 0.15) is 37.7 Å². The summed E-state index contributed by atoms with van der Waals surface area (Å²) in [6.45, 7) is 2.00. The topological polar surface area (TPSA) is 68.0 Å². The molecular formula is C16H23N3O. The maximum atomic E-state index is 12.4. The Morgan fingerprint density at radius 2 is 2.05 bits per heavy atom. The highest BCUT2D eigenvalue weighted by molar-refractivity contribution is 5.91. The standard InChI is InChI=1S/C16H23N3O/c1-10-5-6-18-14(7-10)19-16(20)13-8-11-3-2-4-12(9-13)15(11)17/h5-7,11-13,15H,2-4,8-9,17H2,1H3,(H,18,19,20). The molecule has 2 aliphatic rings. The number of aryl methyl sites for hydroxylation is 1. The van der Waals surface area contributed by atoms with Gasteiger partial charge in [-0.1, -0.05) is 6.42 Å². The van der Waals surface area contributed by atoms with Gasteiger partial charge in [0, 0.05) is 18.2 Å². The second-order valence-electron chi connectivity index (χ2n) is 6.40. The van der Waals surface area contributed by atoms with Crippen LogP contribution in [0.2, 0.25) is 0 Å². The molecule has 108 valence electrons. The van der Waals surface area contributed by atoms with Crippen molar-refractivity contribution in [2.45, 2.75) is 45.1 Å². The lowest BCUT2D eigenvalue weighted by Crippen LogP contribution is -2.48. The van der Waals surface area contributed by atoms with Gasteiger partial charge in [-0.3, -0.25) is 4.79 Å². The Hall–Kier alpha value is -1.42. The zero-order valence-electron chi connectivity index (χ0n) is 12.0. The van der Waals surface area contributed by atoms with E-state index in [1.54, 1.807) is 6.20 Å². The number of pyridine rings is 1. The van der Waals surface area contributed by atoms with Gasteiger partial charge in [-0.25, -0.2) is 4.98 Å². The number of anilines is 1. The van der Waals surface area contributed by atoms with Crippen LogP contribution in [0.4, 0.5) is 5.82 Å². The number of amides is 1. The molecule has 2 atom stereocenters. The Morgan fingerprint density at radius 3 is 2.70 bits per heavy atom. The molecule has 3 rings (SSSR count). The van der Waals surface area contributed by atoms with Crippen molar-refractivity contribution >= 4 is 11.7 Å². The molecule has 0 saturated heterocycles. The van der Waals surface area contributed by atoms with E-state index in [1.165, 1.54) is 19.3 Å². The lowest BCUT2D eigenvalue weighted by molar-refractivity contribution is -0.122. The molecule has 2 bridgehead atoms. The fourth-order valence-electron chi connectivity index (χ4n) is 3.84. The van der Waals surface area contributed by atoms with Crippen LogP contribution < -0.4 is 11.1 Å². The van der Waals surface area contributed by atoms with Gasteiger partial charge < -0.3 is 11.1 Å². The molecule has 1 heterocycles. The molecular weight excluding hydrogens is 250 g/mol. The zero-order chi connectivity index (χ0) is 14.1. The van der Waals surface area contributed by atoms with Crippen molar-refractivity contribution in [1.29, 1.82) is 0 Å². The van der Waals surface area contributed by atoms with Gasteiger partial charge in [-0.05, 0) is 62.1 Å². The Morgan fingerprint density at radius 1 is 1.35 bits per heavy atom. The normalized spacial score (nSPS) is 32.7. The van der Waals surface area contributed by atoms with Crippen LogP contribution in [0.15, 0.2) is 18.3 Å². The van der Waals surface area contributed by atoms with Gasteiger partial charge in [0.2, 0.25) is 5.91 Å². The summed E-state index contributed by atoms with van der Waals surface area (Å²) in [5.41, 5.74) is 7.38. The molecule has 0 spiro atoms. The molecule has 1 amide bonds. The fraction of sp³-hybridized carbons (Fsp3) is 0.625. The molecule has 0 aromatic carbocycles. The summed E-state index contributed by atoms with van der Waals surface area (Å²) < 4.78 is 0. The first-order chi connectivity index (χ1) is 9.63. The van der Waals surface area contributed by atoms with E-state index in [0.717, 1.165) is 18.4 Å². The van der Waals surface area contributed by atoms with Gasteiger partial charge in [-0.2, -0.15) is 0 Å². The molecule has 2 fully saturated rings. The quantitative estimate of drug-likeness (QED) is 0.870. The second-order valence-corrected chi connectivity index (χ2v) is 6.40. The molecule has 3 N–H and O–H groups in total. The summed E-state index contributed by atoms with van der Waals surface area (Å²) in [6.07, 6.45) is 7.26. The lowest BCUT2D eigenvalue weighted by atomic mass is 9.65. The summed E-state index contributed by atoms with van der Waals surface area (Å²) in [7, 11) is 0. The Kier molecular flexibility index (Phi) is 3.74. The van der Waals surface area contributed by atoms with Crippen LogP contribution in [-0.4, -0.2) is 16.9 Å². The predicted molar refractivity (Wildman–Crippen MR) is 79.1 cm³/mol. The molecule has 1 aromatic heterocycles. The van der Waals surface area contributed by atoms with Crippen LogP contribution in [-0.2, 0) is 4.79 Å². The number of rotatable bonds is 2. The summed E-state index contributed by atoms with van der Waals surface area (Å²) in [5.74, 6) is 1.95. The predicted octanol–water partition coefficient (Wildman–Crippen LogP) is 2.48. The summed E-state index contributed by atoms with van der Waals surface area (Å²) in [5, 5.41) is 2.97. The number of carbonyl (C=O) groups excluding carboxylic acids is 1. The van der Waals surface area contributed by atoms with Crippen LogP contribution in [0.25, 0.3) is 0 Å². The van der Waals surface area contributed by atoms with Gasteiger partial charge in [0.05, 0.1) is 0 Å². The molecule has 0 aliphatic heterocycles. The number of aromatic nitrogens is 1. The molecule has 2 unspecified atom stereocenters. The van der Waals surface area contributed by atoms with Crippen LogP contribution >= 0.6 is 0 Å². The third kappa shape index (κ3) is 2.70. The number of nitrogens with zero attached hydrogens (tertiary/aromatic N) is 1. The highest BCUT2D eigenvalue weighted by Gasteiger charge is 2.40. The number of carbonyl (C=O) groups is 1. The average Bonchev–Trinajstić information content (AvgIpc) is 2.38. The smallest absolute Gasteiger partial charge is 0.228 e. The minimum Gasteiger partial charge on any atom is -0.327 e. The maximum Gasteiger partial charge on any atom is 0.228 e. The van der Waals surface area contributed by atoms with E-state index in [2.05, 4.69) is 10.3 Å². The summed E-state index contributed by atoms with van der Waals surface area (Å²) in [4.78, 5) is 16.6. The van der Waals surface area contributed by atoms with Crippen LogP contribution in [0.3, 0.4) is 0 Å². The number of nitrogens with two attached hydrogens (primary N) is 1. The van der Waals surface area contributed by atoms with Crippen LogP contribution in [0, 0.1) is 24.7 Å². The van der Waals surface area contributed by atoms with Crippen LogP contribution in [0.5, 0.6) is 0 Å². The van der Waals surface area contributed by atoms with E-state index in [0.29, 0.717) is 23.7 Å². The first-order valence-corrected chi connectivity index (χ1v) is 7.62. The van der Waals surface area contributed by atoms with Crippen molar-refractivity contribution in [2.75, 3.05) is 5.32 Å². The zero-order valence-corrected chi connectivity index (χ0v) is 12.0. The van der Waals surface area contributed by atoms with Crippen molar-refractivity contribution in [2.24, 2.45) is 23.5 Å². The second kappa shape index (κ2) is 5.52. The lowest BCUT2D eigenvalue weighted by Gasteiger charge is -2.43.